The van der Waals surface area contributed by atoms with Crippen molar-refractivity contribution in [2.24, 2.45) is 11.0 Å². The summed E-state index contributed by atoms with van der Waals surface area (Å²) in [6.45, 7) is 2.38. The van der Waals surface area contributed by atoms with E-state index in [1.54, 1.807) is 36.4 Å². The van der Waals surface area contributed by atoms with Gasteiger partial charge in [0.25, 0.3) is 0 Å². The van der Waals surface area contributed by atoms with Crippen molar-refractivity contribution in [2.45, 2.75) is 24.7 Å². The molecule has 148 valence electrons. The van der Waals surface area contributed by atoms with Gasteiger partial charge in [-0.25, -0.2) is 18.2 Å². The number of sulfonamides is 1. The molecule has 1 saturated heterocycles. The molecule has 2 aromatic carbocycles. The van der Waals surface area contributed by atoms with Crippen LogP contribution in [0.25, 0.3) is 0 Å². The van der Waals surface area contributed by atoms with E-state index in [1.807, 2.05) is 6.92 Å². The van der Waals surface area contributed by atoms with Gasteiger partial charge in [0.15, 0.2) is 0 Å². The average molecular weight is 403 g/mol. The molecule has 0 unspecified atom stereocenters. The summed E-state index contributed by atoms with van der Waals surface area (Å²) < 4.78 is 40.2. The molecule has 0 aromatic heterocycles. The molecule has 8 heteroatoms. The molecule has 0 saturated carbocycles. The number of hydrogen-bond donors (Lipinski definition) is 1. The van der Waals surface area contributed by atoms with Gasteiger partial charge in [-0.05, 0) is 49.6 Å². The highest BCUT2D eigenvalue weighted by atomic mass is 32.2. The van der Waals surface area contributed by atoms with E-state index in [4.69, 9.17) is 0 Å². The van der Waals surface area contributed by atoms with Gasteiger partial charge in [-0.3, -0.25) is 4.79 Å². The normalized spacial score (nSPS) is 18.3. The van der Waals surface area contributed by atoms with E-state index in [0.29, 0.717) is 24.9 Å². The summed E-state index contributed by atoms with van der Waals surface area (Å²) in [4.78, 5) is 12.6. The van der Waals surface area contributed by atoms with Crippen LogP contribution in [0.3, 0.4) is 0 Å². The first-order valence-electron chi connectivity index (χ1n) is 9.01. The number of piperidine rings is 1. The van der Waals surface area contributed by atoms with Crippen molar-refractivity contribution in [2.75, 3.05) is 13.1 Å². The third-order valence-electron chi connectivity index (χ3n) is 4.65. The molecule has 1 aliphatic rings. The van der Waals surface area contributed by atoms with Crippen molar-refractivity contribution in [3.8, 4) is 0 Å². The number of nitrogens with zero attached hydrogens (tertiary/aromatic N) is 2. The van der Waals surface area contributed by atoms with Crippen molar-refractivity contribution < 1.29 is 17.6 Å². The van der Waals surface area contributed by atoms with Crippen LogP contribution in [0.1, 0.15) is 24.0 Å². The fourth-order valence-corrected chi connectivity index (χ4v) is 4.61. The second-order valence-electron chi connectivity index (χ2n) is 6.80. The lowest BCUT2D eigenvalue weighted by Crippen LogP contribution is -2.44. The summed E-state index contributed by atoms with van der Waals surface area (Å²) in [5.74, 6) is -1.23. The zero-order valence-corrected chi connectivity index (χ0v) is 16.3. The average Bonchev–Trinajstić information content (AvgIpc) is 2.68. The van der Waals surface area contributed by atoms with Gasteiger partial charge in [-0.2, -0.15) is 9.41 Å². The number of halogens is 1. The number of amides is 1. The Balaban J connectivity index is 1.64. The second kappa shape index (κ2) is 8.62. The summed E-state index contributed by atoms with van der Waals surface area (Å²) >= 11 is 0. The molecule has 1 aliphatic heterocycles. The Kier molecular flexibility index (Phi) is 6.21. The smallest absolute Gasteiger partial charge is 0.244 e. The summed E-state index contributed by atoms with van der Waals surface area (Å²) in [5.41, 5.74) is 3.92. The van der Waals surface area contributed by atoms with Crippen LogP contribution in [-0.4, -0.2) is 37.9 Å². The van der Waals surface area contributed by atoms with Gasteiger partial charge < -0.3 is 0 Å². The molecular weight excluding hydrogens is 381 g/mol. The molecule has 1 heterocycles. The molecule has 28 heavy (non-hydrogen) atoms. The van der Waals surface area contributed by atoms with Gasteiger partial charge in [0.1, 0.15) is 5.82 Å². The van der Waals surface area contributed by atoms with E-state index < -0.39 is 15.9 Å². The zero-order chi connectivity index (χ0) is 20.1. The first kappa shape index (κ1) is 20.2. The van der Waals surface area contributed by atoms with Crippen LogP contribution < -0.4 is 5.43 Å². The summed E-state index contributed by atoms with van der Waals surface area (Å²) in [6.07, 6.45) is 2.53. The standard InChI is InChI=1S/C20H22FN3O3S/c1-15-7-9-19(10-8-15)28(26,27)24-11-3-5-17(14-24)20(25)23-22-13-16-4-2-6-18(21)12-16/h2,4,6-10,12-13,17H,3,5,11,14H2,1H3,(H,23,25)/b22-13-/t17-/m1/s1. The lowest BCUT2D eigenvalue weighted by molar-refractivity contribution is -0.126. The molecule has 0 spiro atoms. The predicted molar refractivity (Wildman–Crippen MR) is 105 cm³/mol. The van der Waals surface area contributed by atoms with Gasteiger partial charge in [-0.1, -0.05) is 29.8 Å². The number of carbonyl (C=O) groups is 1. The number of nitrogens with one attached hydrogen (secondary N) is 1. The van der Waals surface area contributed by atoms with E-state index in [9.17, 15) is 17.6 Å². The van der Waals surface area contributed by atoms with E-state index in [2.05, 4.69) is 10.5 Å². The molecule has 0 aliphatic carbocycles. The van der Waals surface area contributed by atoms with Crippen LogP contribution in [-0.2, 0) is 14.8 Å². The maximum absolute atomic E-state index is 13.1. The maximum Gasteiger partial charge on any atom is 0.244 e. The molecular formula is C20H22FN3O3S. The van der Waals surface area contributed by atoms with Crippen LogP contribution in [0.5, 0.6) is 0 Å². The third-order valence-corrected chi connectivity index (χ3v) is 6.53. The number of hydrogen-bond acceptors (Lipinski definition) is 4. The molecule has 3 rings (SSSR count). The molecule has 1 amide bonds. The Labute approximate surface area is 164 Å². The lowest BCUT2D eigenvalue weighted by atomic mass is 9.99. The number of carbonyl (C=O) groups excluding carboxylic acids is 1. The molecule has 1 N–H and O–H groups in total. The fraction of sp³-hybridized carbons (Fsp3) is 0.300. The molecule has 0 bridgehead atoms. The van der Waals surface area contributed by atoms with Crippen LogP contribution in [0.4, 0.5) is 4.39 Å². The highest BCUT2D eigenvalue weighted by Crippen LogP contribution is 2.24. The number of rotatable bonds is 5. The monoisotopic (exact) mass is 403 g/mol. The van der Waals surface area contributed by atoms with Gasteiger partial charge >= 0.3 is 0 Å². The van der Waals surface area contributed by atoms with Gasteiger partial charge in [-0.15, -0.1) is 0 Å². The number of benzene rings is 2. The van der Waals surface area contributed by atoms with E-state index >= 15 is 0 Å². The number of aryl methyl sites for hydroxylation is 1. The number of hydrazone groups is 1. The van der Waals surface area contributed by atoms with Gasteiger partial charge in [0.2, 0.25) is 15.9 Å². The molecule has 0 radical (unpaired) electrons. The molecule has 2 aromatic rings. The van der Waals surface area contributed by atoms with Crippen LogP contribution in [0, 0.1) is 18.7 Å². The molecule has 1 atom stereocenters. The van der Waals surface area contributed by atoms with Crippen LogP contribution >= 0.6 is 0 Å². The third kappa shape index (κ3) is 4.82. The first-order chi connectivity index (χ1) is 13.4. The van der Waals surface area contributed by atoms with E-state index in [1.165, 1.54) is 22.7 Å². The largest absolute Gasteiger partial charge is 0.273 e. The van der Waals surface area contributed by atoms with Gasteiger partial charge in [0, 0.05) is 13.1 Å². The highest BCUT2D eigenvalue weighted by molar-refractivity contribution is 7.89. The summed E-state index contributed by atoms with van der Waals surface area (Å²) in [7, 11) is -3.64. The van der Waals surface area contributed by atoms with E-state index in [-0.39, 0.29) is 23.2 Å². The minimum absolute atomic E-state index is 0.109. The maximum atomic E-state index is 13.1. The minimum atomic E-state index is -3.64. The van der Waals surface area contributed by atoms with Crippen LogP contribution in [0.2, 0.25) is 0 Å². The van der Waals surface area contributed by atoms with Crippen molar-refractivity contribution in [1.82, 2.24) is 9.73 Å². The Hall–Kier alpha value is -2.58. The Morgan fingerprint density at radius 3 is 2.71 bits per heavy atom. The molecule has 6 nitrogen and oxygen atoms in total. The van der Waals surface area contributed by atoms with E-state index in [0.717, 1.165) is 5.56 Å². The topological polar surface area (TPSA) is 78.8 Å². The second-order valence-corrected chi connectivity index (χ2v) is 8.74. The SMILES string of the molecule is Cc1ccc(S(=O)(=O)N2CCC[C@@H](C(=O)N/N=C\c3cccc(F)c3)C2)cc1. The van der Waals surface area contributed by atoms with Crippen molar-refractivity contribution in [3.63, 3.8) is 0 Å². The van der Waals surface area contributed by atoms with Crippen molar-refractivity contribution >= 4 is 22.1 Å². The van der Waals surface area contributed by atoms with Crippen molar-refractivity contribution in [1.29, 1.82) is 0 Å². The molecule has 1 fully saturated rings. The van der Waals surface area contributed by atoms with Crippen molar-refractivity contribution in [3.05, 3.63) is 65.5 Å². The predicted octanol–water partition coefficient (Wildman–Crippen LogP) is 2.69. The Morgan fingerprint density at radius 1 is 1.25 bits per heavy atom. The van der Waals surface area contributed by atoms with Gasteiger partial charge in [0.05, 0.1) is 17.0 Å². The van der Waals surface area contributed by atoms with Crippen LogP contribution in [0.15, 0.2) is 58.5 Å². The highest BCUT2D eigenvalue weighted by Gasteiger charge is 2.33. The zero-order valence-electron chi connectivity index (χ0n) is 15.5. The quantitative estimate of drug-likeness (QED) is 0.616. The summed E-state index contributed by atoms with van der Waals surface area (Å²) in [5, 5.41) is 3.85. The minimum Gasteiger partial charge on any atom is -0.273 e. The Morgan fingerprint density at radius 2 is 2.00 bits per heavy atom. The lowest BCUT2D eigenvalue weighted by Gasteiger charge is -2.30. The summed E-state index contributed by atoms with van der Waals surface area (Å²) in [6, 6.07) is 12.5. The Bertz CT molecular complexity index is 974. The fourth-order valence-electron chi connectivity index (χ4n) is 3.08. The first-order valence-corrected chi connectivity index (χ1v) is 10.5.